The molecule has 0 heterocycles. The maximum atomic E-state index is 12.7. The number of hydrogen-bond donors (Lipinski definition) is 2. The molecule has 2 unspecified atom stereocenters. The summed E-state index contributed by atoms with van der Waals surface area (Å²) in [6, 6.07) is 0. The summed E-state index contributed by atoms with van der Waals surface area (Å²) in [7, 11) is 0. The zero-order valence-electron chi connectivity index (χ0n) is 10.3. The first-order chi connectivity index (χ1) is 9.07. The Morgan fingerprint density at radius 2 is 1.65 bits per heavy atom. The number of carbonyl (C=O) groups excluding carboxylic acids is 1. The summed E-state index contributed by atoms with van der Waals surface area (Å²) in [5.41, 5.74) is 0. The minimum atomic E-state index is -5.96. The molecule has 0 radical (unpaired) electrons. The first-order valence-corrected chi connectivity index (χ1v) is 6.03. The van der Waals surface area contributed by atoms with Crippen LogP contribution in [0.5, 0.6) is 0 Å². The van der Waals surface area contributed by atoms with Crippen LogP contribution in [0.25, 0.3) is 0 Å². The Balaban J connectivity index is 2.62. The molecule has 1 rings (SSSR count). The topological polar surface area (TPSA) is 66.4 Å². The predicted octanol–water partition coefficient (Wildman–Crippen LogP) is 2.19. The van der Waals surface area contributed by atoms with Gasteiger partial charge >= 0.3 is 18.1 Å². The number of carboxylic acids is 1. The second-order valence-electron chi connectivity index (χ2n) is 4.77. The van der Waals surface area contributed by atoms with E-state index in [2.05, 4.69) is 0 Å². The maximum Gasteiger partial charge on any atom is 0.463 e. The number of alkyl halides is 5. The van der Waals surface area contributed by atoms with Crippen molar-refractivity contribution < 1.29 is 36.6 Å². The van der Waals surface area contributed by atoms with Gasteiger partial charge in [0.1, 0.15) is 0 Å². The van der Waals surface area contributed by atoms with Crippen LogP contribution in [-0.2, 0) is 9.59 Å². The van der Waals surface area contributed by atoms with E-state index in [9.17, 15) is 31.5 Å². The van der Waals surface area contributed by atoms with Crippen molar-refractivity contribution in [2.24, 2.45) is 11.8 Å². The van der Waals surface area contributed by atoms with Gasteiger partial charge in [-0.2, -0.15) is 22.0 Å². The van der Waals surface area contributed by atoms with Crippen molar-refractivity contribution in [1.29, 1.82) is 0 Å². The van der Waals surface area contributed by atoms with Gasteiger partial charge in [-0.1, -0.05) is 12.8 Å². The number of hydrogen-bond acceptors (Lipinski definition) is 2. The Hall–Kier alpha value is -1.41. The average molecular weight is 303 g/mol. The normalized spacial score (nSPS) is 24.2. The van der Waals surface area contributed by atoms with Crippen LogP contribution >= 0.6 is 0 Å². The highest BCUT2D eigenvalue weighted by Crippen LogP contribution is 2.36. The van der Waals surface area contributed by atoms with Gasteiger partial charge in [0.25, 0.3) is 5.91 Å². The number of nitrogens with one attached hydrogen (secondary N) is 1. The van der Waals surface area contributed by atoms with Crippen LogP contribution in [0.4, 0.5) is 22.0 Å². The number of amides is 1. The van der Waals surface area contributed by atoms with Gasteiger partial charge in [0.15, 0.2) is 0 Å². The highest BCUT2D eigenvalue weighted by Gasteiger charge is 2.63. The third-order valence-corrected chi connectivity index (χ3v) is 3.39. The smallest absolute Gasteiger partial charge is 0.463 e. The van der Waals surface area contributed by atoms with Crippen molar-refractivity contribution in [3.05, 3.63) is 0 Å². The number of carboxylic acid groups (broad SMARTS) is 1. The summed E-state index contributed by atoms with van der Waals surface area (Å²) in [5.74, 6) is -10.5. The lowest BCUT2D eigenvalue weighted by molar-refractivity contribution is -0.269. The van der Waals surface area contributed by atoms with Crippen molar-refractivity contribution in [3.8, 4) is 0 Å². The highest BCUT2D eigenvalue weighted by molar-refractivity contribution is 5.84. The second kappa shape index (κ2) is 5.92. The van der Waals surface area contributed by atoms with Crippen molar-refractivity contribution in [2.75, 3.05) is 6.54 Å². The largest absolute Gasteiger partial charge is 0.481 e. The molecular weight excluding hydrogens is 289 g/mol. The quantitative estimate of drug-likeness (QED) is 0.782. The van der Waals surface area contributed by atoms with Gasteiger partial charge < -0.3 is 10.4 Å². The summed E-state index contributed by atoms with van der Waals surface area (Å²) in [6.45, 7) is -0.499. The molecule has 9 heteroatoms. The van der Waals surface area contributed by atoms with Crippen molar-refractivity contribution >= 4 is 11.9 Å². The maximum absolute atomic E-state index is 12.7. The zero-order valence-corrected chi connectivity index (χ0v) is 10.3. The van der Waals surface area contributed by atoms with Crippen LogP contribution < -0.4 is 5.32 Å². The Labute approximate surface area is 111 Å². The van der Waals surface area contributed by atoms with Gasteiger partial charge in [0.05, 0.1) is 5.92 Å². The van der Waals surface area contributed by atoms with E-state index in [1.54, 1.807) is 0 Å². The zero-order chi connectivity index (χ0) is 15.6. The molecule has 20 heavy (non-hydrogen) atoms. The van der Waals surface area contributed by atoms with Crippen LogP contribution in [0.3, 0.4) is 0 Å². The summed E-state index contributed by atoms with van der Waals surface area (Å²) >= 11 is 0. The van der Waals surface area contributed by atoms with Crippen LogP contribution in [0.1, 0.15) is 25.7 Å². The fraction of sp³-hybridized carbons (Fsp3) is 0.818. The Morgan fingerprint density at radius 3 is 2.15 bits per heavy atom. The third-order valence-electron chi connectivity index (χ3n) is 3.39. The van der Waals surface area contributed by atoms with Gasteiger partial charge in [-0.25, -0.2) is 0 Å². The lowest BCUT2D eigenvalue weighted by Gasteiger charge is -2.29. The monoisotopic (exact) mass is 303 g/mol. The standard InChI is InChI=1S/C11H14F5NO3/c12-10(13,11(14,15)16)9(20)17-5-6-3-1-2-4-7(6)8(18)19/h6-7H,1-5H2,(H,17,20)(H,18,19). The Kier molecular flexibility index (Phi) is 4.93. The lowest BCUT2D eigenvalue weighted by atomic mass is 9.79. The van der Waals surface area contributed by atoms with E-state index >= 15 is 0 Å². The minimum absolute atomic E-state index is 0.325. The fourth-order valence-electron chi connectivity index (χ4n) is 2.24. The van der Waals surface area contributed by atoms with E-state index in [4.69, 9.17) is 5.11 Å². The molecule has 0 saturated heterocycles. The van der Waals surface area contributed by atoms with E-state index in [0.29, 0.717) is 25.7 Å². The molecule has 0 aromatic carbocycles. The van der Waals surface area contributed by atoms with Gasteiger partial charge in [-0.05, 0) is 18.8 Å². The molecule has 0 spiro atoms. The Bertz CT molecular complexity index is 383. The lowest BCUT2D eigenvalue weighted by Crippen LogP contribution is -2.52. The molecular formula is C11H14F5NO3. The van der Waals surface area contributed by atoms with Crippen LogP contribution in [0.2, 0.25) is 0 Å². The summed E-state index contributed by atoms with van der Waals surface area (Å²) < 4.78 is 61.2. The SMILES string of the molecule is O=C(O)C1CCCCC1CNC(=O)C(F)(F)C(F)(F)F. The number of carbonyl (C=O) groups is 2. The van der Waals surface area contributed by atoms with E-state index < -0.39 is 42.4 Å². The molecule has 1 amide bonds. The number of halogens is 5. The van der Waals surface area contributed by atoms with E-state index in [1.165, 1.54) is 5.32 Å². The van der Waals surface area contributed by atoms with Gasteiger partial charge in [0, 0.05) is 6.54 Å². The van der Waals surface area contributed by atoms with Crippen molar-refractivity contribution in [2.45, 2.75) is 37.8 Å². The first kappa shape index (κ1) is 16.6. The number of rotatable bonds is 4. The van der Waals surface area contributed by atoms with Crippen molar-refractivity contribution in [3.63, 3.8) is 0 Å². The molecule has 116 valence electrons. The van der Waals surface area contributed by atoms with E-state index in [1.807, 2.05) is 0 Å². The highest BCUT2D eigenvalue weighted by atomic mass is 19.4. The van der Waals surface area contributed by atoms with Gasteiger partial charge in [-0.15, -0.1) is 0 Å². The molecule has 1 aliphatic carbocycles. The molecule has 1 saturated carbocycles. The predicted molar refractivity (Wildman–Crippen MR) is 57.1 cm³/mol. The van der Waals surface area contributed by atoms with Crippen LogP contribution in [-0.4, -0.2) is 35.6 Å². The fourth-order valence-corrected chi connectivity index (χ4v) is 2.24. The second-order valence-corrected chi connectivity index (χ2v) is 4.77. The van der Waals surface area contributed by atoms with Crippen LogP contribution in [0.15, 0.2) is 0 Å². The first-order valence-electron chi connectivity index (χ1n) is 6.03. The molecule has 4 nitrogen and oxygen atoms in total. The molecule has 1 aliphatic rings. The molecule has 0 bridgehead atoms. The summed E-state index contributed by atoms with van der Waals surface area (Å²) in [4.78, 5) is 21.8. The number of aliphatic carboxylic acids is 1. The third kappa shape index (κ3) is 3.57. The molecule has 1 fully saturated rings. The minimum Gasteiger partial charge on any atom is -0.481 e. The van der Waals surface area contributed by atoms with Gasteiger partial charge in [0.2, 0.25) is 0 Å². The summed E-state index contributed by atoms with van der Waals surface area (Å²) in [5, 5.41) is 10.4. The average Bonchev–Trinajstić information content (AvgIpc) is 2.34. The molecule has 0 aromatic heterocycles. The van der Waals surface area contributed by atoms with E-state index in [0.717, 1.165) is 0 Å². The molecule has 2 N–H and O–H groups in total. The summed E-state index contributed by atoms with van der Waals surface area (Å²) in [6.07, 6.45) is -3.96. The Morgan fingerprint density at radius 1 is 1.10 bits per heavy atom. The van der Waals surface area contributed by atoms with Gasteiger partial charge in [-0.3, -0.25) is 9.59 Å². The van der Waals surface area contributed by atoms with Crippen molar-refractivity contribution in [1.82, 2.24) is 5.32 Å². The van der Waals surface area contributed by atoms with E-state index in [-0.39, 0.29) is 0 Å². The molecule has 2 atom stereocenters. The molecule has 0 aromatic rings. The molecule has 0 aliphatic heterocycles. The van der Waals surface area contributed by atoms with Crippen LogP contribution in [0, 0.1) is 11.8 Å².